The average molecular weight is 196 g/mol. The van der Waals surface area contributed by atoms with E-state index in [1.807, 2.05) is 0 Å². The summed E-state index contributed by atoms with van der Waals surface area (Å²) in [4.78, 5) is 0. The summed E-state index contributed by atoms with van der Waals surface area (Å²) in [7, 11) is 0. The van der Waals surface area contributed by atoms with Gasteiger partial charge < -0.3 is 4.42 Å². The zero-order chi connectivity index (χ0) is 10.3. The van der Waals surface area contributed by atoms with Gasteiger partial charge >= 0.3 is 0 Å². The summed E-state index contributed by atoms with van der Waals surface area (Å²) >= 11 is 0. The smallest absolute Gasteiger partial charge is 0.142 e. The highest BCUT2D eigenvalue weighted by molar-refractivity contribution is 6.04. The topological polar surface area (TPSA) is 13.1 Å². The SMILES string of the molecule is CCc1cc2ccc3ccccc3c2o1. The zero-order valence-electron chi connectivity index (χ0n) is 8.66. The van der Waals surface area contributed by atoms with Crippen LogP contribution < -0.4 is 0 Å². The normalized spacial score (nSPS) is 11.3. The van der Waals surface area contributed by atoms with E-state index in [0.717, 1.165) is 17.8 Å². The molecular formula is C14H12O. The average Bonchev–Trinajstić information content (AvgIpc) is 2.72. The fraction of sp³-hybridized carbons (Fsp3) is 0.143. The Morgan fingerprint density at radius 3 is 2.67 bits per heavy atom. The van der Waals surface area contributed by atoms with Crippen molar-refractivity contribution in [3.05, 3.63) is 48.2 Å². The van der Waals surface area contributed by atoms with E-state index in [1.54, 1.807) is 0 Å². The third kappa shape index (κ3) is 1.23. The lowest BCUT2D eigenvalue weighted by molar-refractivity contribution is 0.559. The maximum absolute atomic E-state index is 5.83. The van der Waals surface area contributed by atoms with Crippen LogP contribution in [-0.2, 0) is 6.42 Å². The Kier molecular flexibility index (Phi) is 1.78. The second kappa shape index (κ2) is 3.13. The molecular weight excluding hydrogens is 184 g/mol. The summed E-state index contributed by atoms with van der Waals surface area (Å²) in [6.07, 6.45) is 0.947. The first-order valence-corrected chi connectivity index (χ1v) is 5.28. The van der Waals surface area contributed by atoms with Crippen molar-refractivity contribution in [3.8, 4) is 0 Å². The van der Waals surface area contributed by atoms with Gasteiger partial charge in [-0.15, -0.1) is 0 Å². The number of hydrogen-bond acceptors (Lipinski definition) is 1. The maximum atomic E-state index is 5.83. The molecule has 0 aliphatic rings. The van der Waals surface area contributed by atoms with Crippen molar-refractivity contribution in [2.24, 2.45) is 0 Å². The van der Waals surface area contributed by atoms with Crippen molar-refractivity contribution >= 4 is 21.7 Å². The van der Waals surface area contributed by atoms with Crippen LogP contribution in [0.15, 0.2) is 46.9 Å². The molecule has 0 aliphatic heterocycles. The lowest BCUT2D eigenvalue weighted by atomic mass is 10.1. The minimum absolute atomic E-state index is 0.947. The third-order valence-electron chi connectivity index (χ3n) is 2.81. The van der Waals surface area contributed by atoms with E-state index in [-0.39, 0.29) is 0 Å². The number of aryl methyl sites for hydroxylation is 1. The Morgan fingerprint density at radius 2 is 1.80 bits per heavy atom. The van der Waals surface area contributed by atoms with E-state index < -0.39 is 0 Å². The molecule has 1 nitrogen and oxygen atoms in total. The zero-order valence-corrected chi connectivity index (χ0v) is 8.66. The first-order valence-electron chi connectivity index (χ1n) is 5.28. The summed E-state index contributed by atoms with van der Waals surface area (Å²) in [5.41, 5.74) is 1.02. The van der Waals surface area contributed by atoms with Crippen molar-refractivity contribution in [1.29, 1.82) is 0 Å². The monoisotopic (exact) mass is 196 g/mol. The van der Waals surface area contributed by atoms with Gasteiger partial charge in [0.2, 0.25) is 0 Å². The lowest BCUT2D eigenvalue weighted by Gasteiger charge is -1.96. The highest BCUT2D eigenvalue weighted by Gasteiger charge is 2.05. The van der Waals surface area contributed by atoms with Crippen LogP contribution in [0.3, 0.4) is 0 Å². The number of rotatable bonds is 1. The first kappa shape index (κ1) is 8.54. The van der Waals surface area contributed by atoms with Gasteiger partial charge in [0.15, 0.2) is 0 Å². The molecule has 1 heteroatoms. The van der Waals surface area contributed by atoms with Gasteiger partial charge in [0.05, 0.1) is 0 Å². The largest absolute Gasteiger partial charge is 0.460 e. The van der Waals surface area contributed by atoms with Gasteiger partial charge in [-0.3, -0.25) is 0 Å². The molecule has 74 valence electrons. The molecule has 15 heavy (non-hydrogen) atoms. The van der Waals surface area contributed by atoms with Gasteiger partial charge in [0, 0.05) is 17.2 Å². The van der Waals surface area contributed by atoms with E-state index >= 15 is 0 Å². The summed E-state index contributed by atoms with van der Waals surface area (Å²) in [5.74, 6) is 1.06. The quantitative estimate of drug-likeness (QED) is 0.570. The van der Waals surface area contributed by atoms with Crippen molar-refractivity contribution in [3.63, 3.8) is 0 Å². The predicted molar refractivity (Wildman–Crippen MR) is 63.1 cm³/mol. The van der Waals surface area contributed by atoms with E-state index in [1.165, 1.54) is 16.2 Å². The second-order valence-corrected chi connectivity index (χ2v) is 3.77. The molecule has 0 radical (unpaired) electrons. The van der Waals surface area contributed by atoms with Crippen LogP contribution in [0.5, 0.6) is 0 Å². The van der Waals surface area contributed by atoms with E-state index in [4.69, 9.17) is 4.42 Å². The fourth-order valence-corrected chi connectivity index (χ4v) is 2.00. The lowest BCUT2D eigenvalue weighted by Crippen LogP contribution is -1.71. The standard InChI is InChI=1S/C14H12O/c1-2-12-9-11-8-7-10-5-3-4-6-13(10)14(11)15-12/h3-9H,2H2,1H3. The van der Waals surface area contributed by atoms with Crippen LogP contribution in [0.25, 0.3) is 21.7 Å². The van der Waals surface area contributed by atoms with Crippen molar-refractivity contribution in [2.75, 3.05) is 0 Å². The Hall–Kier alpha value is -1.76. The van der Waals surface area contributed by atoms with Crippen LogP contribution in [0.1, 0.15) is 12.7 Å². The van der Waals surface area contributed by atoms with Crippen LogP contribution >= 0.6 is 0 Å². The Morgan fingerprint density at radius 1 is 1.00 bits per heavy atom. The molecule has 1 heterocycles. The van der Waals surface area contributed by atoms with Gasteiger partial charge in [-0.05, 0) is 11.5 Å². The van der Waals surface area contributed by atoms with Crippen molar-refractivity contribution < 1.29 is 4.42 Å². The first-order chi connectivity index (χ1) is 7.38. The van der Waals surface area contributed by atoms with Gasteiger partial charge in [-0.2, -0.15) is 0 Å². The van der Waals surface area contributed by atoms with E-state index in [0.29, 0.717) is 0 Å². The molecule has 0 spiro atoms. The molecule has 3 aromatic rings. The van der Waals surface area contributed by atoms with Crippen LogP contribution in [-0.4, -0.2) is 0 Å². The molecule has 0 atom stereocenters. The molecule has 0 amide bonds. The molecule has 0 N–H and O–H groups in total. The van der Waals surface area contributed by atoms with Crippen molar-refractivity contribution in [1.82, 2.24) is 0 Å². The number of benzene rings is 2. The van der Waals surface area contributed by atoms with Gasteiger partial charge in [0.1, 0.15) is 11.3 Å². The summed E-state index contributed by atoms with van der Waals surface area (Å²) < 4.78 is 5.83. The molecule has 2 aromatic carbocycles. The Bertz CT molecular complexity index is 619. The van der Waals surface area contributed by atoms with Gasteiger partial charge in [0.25, 0.3) is 0 Å². The summed E-state index contributed by atoms with van der Waals surface area (Å²) in [6.45, 7) is 2.11. The second-order valence-electron chi connectivity index (χ2n) is 3.77. The minimum Gasteiger partial charge on any atom is -0.460 e. The molecule has 1 aromatic heterocycles. The highest BCUT2D eigenvalue weighted by atomic mass is 16.3. The Balaban J connectivity index is 2.47. The molecule has 0 bridgehead atoms. The van der Waals surface area contributed by atoms with Crippen LogP contribution in [0, 0.1) is 0 Å². The van der Waals surface area contributed by atoms with E-state index in [2.05, 4.69) is 49.4 Å². The predicted octanol–water partition coefficient (Wildman–Crippen LogP) is 4.15. The molecule has 0 unspecified atom stereocenters. The summed E-state index contributed by atoms with van der Waals surface area (Å²) in [6, 6.07) is 14.7. The maximum Gasteiger partial charge on any atom is 0.142 e. The van der Waals surface area contributed by atoms with E-state index in [9.17, 15) is 0 Å². The number of hydrogen-bond donors (Lipinski definition) is 0. The number of fused-ring (bicyclic) bond motifs is 3. The molecule has 0 fully saturated rings. The molecule has 0 saturated heterocycles. The highest BCUT2D eigenvalue weighted by Crippen LogP contribution is 2.28. The third-order valence-corrected chi connectivity index (χ3v) is 2.81. The van der Waals surface area contributed by atoms with Gasteiger partial charge in [-0.1, -0.05) is 43.3 Å². The van der Waals surface area contributed by atoms with Crippen LogP contribution in [0.2, 0.25) is 0 Å². The molecule has 0 saturated carbocycles. The molecule has 3 rings (SSSR count). The van der Waals surface area contributed by atoms with Crippen molar-refractivity contribution in [2.45, 2.75) is 13.3 Å². The minimum atomic E-state index is 0.947. The van der Waals surface area contributed by atoms with Gasteiger partial charge in [-0.25, -0.2) is 0 Å². The number of furan rings is 1. The fourth-order valence-electron chi connectivity index (χ4n) is 2.00. The van der Waals surface area contributed by atoms with Crippen LogP contribution in [0.4, 0.5) is 0 Å². The molecule has 0 aliphatic carbocycles. The summed E-state index contributed by atoms with van der Waals surface area (Å²) in [5, 5.41) is 3.64. The Labute approximate surface area is 88.3 Å².